The number of pyridine rings is 1. The van der Waals surface area contributed by atoms with Gasteiger partial charge in [-0.05, 0) is 25.0 Å². The van der Waals surface area contributed by atoms with Crippen LogP contribution in [0.15, 0.2) is 18.3 Å². The lowest BCUT2D eigenvalue weighted by Crippen LogP contribution is -2.29. The van der Waals surface area contributed by atoms with Gasteiger partial charge in [0, 0.05) is 19.0 Å². The fourth-order valence-electron chi connectivity index (χ4n) is 1.54. The average molecular weight is 289 g/mol. The van der Waals surface area contributed by atoms with Crippen molar-refractivity contribution in [1.82, 2.24) is 10.3 Å². The van der Waals surface area contributed by atoms with Gasteiger partial charge in [0.2, 0.25) is 5.91 Å². The number of rotatable bonds is 6. The highest BCUT2D eigenvalue weighted by Gasteiger charge is 2.31. The summed E-state index contributed by atoms with van der Waals surface area (Å²) in [6.07, 6.45) is -1.84. The van der Waals surface area contributed by atoms with Crippen molar-refractivity contribution in [3.63, 3.8) is 0 Å². The van der Waals surface area contributed by atoms with Crippen molar-refractivity contribution in [2.45, 2.75) is 19.2 Å². The van der Waals surface area contributed by atoms with Crippen LogP contribution >= 0.6 is 0 Å². The molecule has 1 aromatic rings. The van der Waals surface area contributed by atoms with Crippen molar-refractivity contribution in [1.29, 1.82) is 0 Å². The number of alkyl halides is 3. The summed E-state index contributed by atoms with van der Waals surface area (Å²) in [5.41, 5.74) is 0. The van der Waals surface area contributed by atoms with Crippen LogP contribution in [0.25, 0.3) is 0 Å². The third-order valence-electron chi connectivity index (χ3n) is 2.65. The summed E-state index contributed by atoms with van der Waals surface area (Å²) < 4.78 is 39.5. The van der Waals surface area contributed by atoms with Gasteiger partial charge in [0.05, 0.1) is 6.20 Å². The first kappa shape index (κ1) is 14.4. The molecule has 1 fully saturated rings. The van der Waals surface area contributed by atoms with E-state index in [1.807, 2.05) is 0 Å². The summed E-state index contributed by atoms with van der Waals surface area (Å²) in [5, 5.41) is 5.64. The number of carbonyl (C=O) groups is 1. The molecule has 1 aliphatic carbocycles. The maximum atomic E-state index is 11.9. The summed E-state index contributed by atoms with van der Waals surface area (Å²) in [5.74, 6) is 0.255. The molecule has 0 bridgehead atoms. The fourth-order valence-corrected chi connectivity index (χ4v) is 1.54. The van der Waals surface area contributed by atoms with Crippen LogP contribution < -0.4 is 15.4 Å². The Balaban J connectivity index is 1.69. The number of hydrogen-bond acceptors (Lipinski definition) is 4. The standard InChI is InChI=1S/C12H14F3N3O2/c13-12(14,15)20-9-3-4-10(18-7-9)16-5-6-17-11(19)8-1-2-8/h3-4,7-8H,1-2,5-6H2,(H,16,18)(H,17,19). The minimum Gasteiger partial charge on any atom is -0.404 e. The topological polar surface area (TPSA) is 63.2 Å². The van der Waals surface area contributed by atoms with Gasteiger partial charge >= 0.3 is 6.36 Å². The van der Waals surface area contributed by atoms with Crippen LogP contribution in [0, 0.1) is 5.92 Å². The summed E-state index contributed by atoms with van der Waals surface area (Å²) >= 11 is 0. The molecule has 0 atom stereocenters. The first-order chi connectivity index (χ1) is 9.44. The zero-order chi connectivity index (χ0) is 14.6. The van der Waals surface area contributed by atoms with Gasteiger partial charge in [0.15, 0.2) is 0 Å². The number of halogens is 3. The lowest BCUT2D eigenvalue weighted by atomic mass is 10.4. The molecule has 1 heterocycles. The number of aromatic nitrogens is 1. The minimum atomic E-state index is -4.72. The van der Waals surface area contributed by atoms with E-state index in [0.29, 0.717) is 18.9 Å². The summed E-state index contributed by atoms with van der Waals surface area (Å²) in [6, 6.07) is 2.55. The molecule has 0 radical (unpaired) electrons. The third-order valence-corrected chi connectivity index (χ3v) is 2.65. The Morgan fingerprint density at radius 1 is 1.35 bits per heavy atom. The summed E-state index contributed by atoms with van der Waals surface area (Å²) in [6.45, 7) is 0.892. The van der Waals surface area contributed by atoms with Crippen molar-refractivity contribution >= 4 is 11.7 Å². The highest BCUT2D eigenvalue weighted by Crippen LogP contribution is 2.28. The molecule has 20 heavy (non-hydrogen) atoms. The van der Waals surface area contributed by atoms with E-state index in [1.165, 1.54) is 12.1 Å². The second-order valence-corrected chi connectivity index (χ2v) is 4.42. The van der Waals surface area contributed by atoms with Crippen molar-refractivity contribution in [2.24, 2.45) is 5.92 Å². The van der Waals surface area contributed by atoms with Crippen molar-refractivity contribution in [2.75, 3.05) is 18.4 Å². The maximum absolute atomic E-state index is 11.9. The van der Waals surface area contributed by atoms with Crippen molar-refractivity contribution in [3.05, 3.63) is 18.3 Å². The van der Waals surface area contributed by atoms with Gasteiger partial charge in [-0.15, -0.1) is 13.2 Å². The Hall–Kier alpha value is -1.99. The van der Waals surface area contributed by atoms with Gasteiger partial charge in [0.1, 0.15) is 11.6 Å². The van der Waals surface area contributed by atoms with E-state index in [0.717, 1.165) is 19.0 Å². The SMILES string of the molecule is O=C(NCCNc1ccc(OC(F)(F)F)cn1)C1CC1. The van der Waals surface area contributed by atoms with Gasteiger partial charge in [-0.25, -0.2) is 4.98 Å². The van der Waals surface area contributed by atoms with Crippen LogP contribution in [-0.4, -0.2) is 30.3 Å². The lowest BCUT2D eigenvalue weighted by Gasteiger charge is -2.10. The fraction of sp³-hybridized carbons (Fsp3) is 0.500. The lowest BCUT2D eigenvalue weighted by molar-refractivity contribution is -0.274. The molecule has 0 saturated heterocycles. The van der Waals surface area contributed by atoms with Crippen LogP contribution in [0.2, 0.25) is 0 Å². The zero-order valence-corrected chi connectivity index (χ0v) is 10.5. The average Bonchev–Trinajstić information content (AvgIpc) is 3.18. The minimum absolute atomic E-state index is 0.0497. The molecule has 8 heteroatoms. The second kappa shape index (κ2) is 5.98. The highest BCUT2D eigenvalue weighted by atomic mass is 19.4. The van der Waals surface area contributed by atoms with Crippen LogP contribution in [0.4, 0.5) is 19.0 Å². The molecule has 0 unspecified atom stereocenters. The summed E-state index contributed by atoms with van der Waals surface area (Å²) in [7, 11) is 0. The van der Waals surface area contributed by atoms with Crippen LogP contribution in [-0.2, 0) is 4.79 Å². The maximum Gasteiger partial charge on any atom is 0.573 e. The second-order valence-electron chi connectivity index (χ2n) is 4.42. The number of carbonyl (C=O) groups excluding carboxylic acids is 1. The van der Waals surface area contributed by atoms with Crippen molar-refractivity contribution < 1.29 is 22.7 Å². The van der Waals surface area contributed by atoms with Gasteiger partial charge < -0.3 is 15.4 Å². The van der Waals surface area contributed by atoms with E-state index in [1.54, 1.807) is 0 Å². The molecule has 2 rings (SSSR count). The van der Waals surface area contributed by atoms with Gasteiger partial charge in [-0.2, -0.15) is 0 Å². The zero-order valence-electron chi connectivity index (χ0n) is 10.5. The number of anilines is 1. The van der Waals surface area contributed by atoms with E-state index in [2.05, 4.69) is 20.4 Å². The number of amides is 1. The number of nitrogens with zero attached hydrogens (tertiary/aromatic N) is 1. The molecule has 0 spiro atoms. The predicted molar refractivity (Wildman–Crippen MR) is 65.1 cm³/mol. The van der Waals surface area contributed by atoms with Crippen LogP contribution in [0.1, 0.15) is 12.8 Å². The number of hydrogen-bond donors (Lipinski definition) is 2. The monoisotopic (exact) mass is 289 g/mol. The third kappa shape index (κ3) is 4.94. The largest absolute Gasteiger partial charge is 0.573 e. The first-order valence-corrected chi connectivity index (χ1v) is 6.17. The molecule has 2 N–H and O–H groups in total. The summed E-state index contributed by atoms with van der Waals surface area (Å²) in [4.78, 5) is 15.1. The normalized spacial score (nSPS) is 14.8. The molecular formula is C12H14F3N3O2. The van der Waals surface area contributed by atoms with Gasteiger partial charge in [0.25, 0.3) is 0 Å². The van der Waals surface area contributed by atoms with Gasteiger partial charge in [-0.1, -0.05) is 0 Å². The predicted octanol–water partition coefficient (Wildman–Crippen LogP) is 1.92. The van der Waals surface area contributed by atoms with Crippen LogP contribution in [0.3, 0.4) is 0 Å². The van der Waals surface area contributed by atoms with E-state index in [9.17, 15) is 18.0 Å². The molecule has 5 nitrogen and oxygen atoms in total. The molecule has 0 aromatic carbocycles. The Labute approximate surface area is 113 Å². The van der Waals surface area contributed by atoms with E-state index in [4.69, 9.17) is 0 Å². The quantitative estimate of drug-likeness (QED) is 0.785. The molecule has 0 aliphatic heterocycles. The molecule has 1 aliphatic rings. The van der Waals surface area contributed by atoms with E-state index in [-0.39, 0.29) is 17.6 Å². The molecule has 110 valence electrons. The molecule has 1 saturated carbocycles. The Morgan fingerprint density at radius 3 is 2.65 bits per heavy atom. The first-order valence-electron chi connectivity index (χ1n) is 6.17. The molecule has 1 aromatic heterocycles. The van der Waals surface area contributed by atoms with E-state index >= 15 is 0 Å². The number of ether oxygens (including phenoxy) is 1. The highest BCUT2D eigenvalue weighted by molar-refractivity contribution is 5.80. The Kier molecular flexibility index (Phi) is 4.31. The van der Waals surface area contributed by atoms with Gasteiger partial charge in [-0.3, -0.25) is 4.79 Å². The van der Waals surface area contributed by atoms with E-state index < -0.39 is 6.36 Å². The Morgan fingerprint density at radius 2 is 2.10 bits per heavy atom. The van der Waals surface area contributed by atoms with Crippen molar-refractivity contribution in [3.8, 4) is 5.75 Å². The molecule has 1 amide bonds. The number of nitrogens with one attached hydrogen (secondary N) is 2. The Bertz CT molecular complexity index is 458. The van der Waals surface area contributed by atoms with Crippen LogP contribution in [0.5, 0.6) is 5.75 Å². The molecular weight excluding hydrogens is 275 g/mol. The smallest absolute Gasteiger partial charge is 0.404 e.